The molecule has 1 saturated heterocycles. The van der Waals surface area contributed by atoms with Gasteiger partial charge in [0.15, 0.2) is 0 Å². The predicted molar refractivity (Wildman–Crippen MR) is 75.7 cm³/mol. The summed E-state index contributed by atoms with van der Waals surface area (Å²) in [6.07, 6.45) is 3.21. The van der Waals surface area contributed by atoms with Crippen molar-refractivity contribution < 1.29 is 9.53 Å². The maximum absolute atomic E-state index is 12.1. The van der Waals surface area contributed by atoms with Crippen LogP contribution in [0.2, 0.25) is 0 Å². The molecule has 0 N–H and O–H groups in total. The van der Waals surface area contributed by atoms with Gasteiger partial charge in [-0.25, -0.2) is 0 Å². The van der Waals surface area contributed by atoms with Crippen LogP contribution in [-0.4, -0.2) is 30.5 Å². The van der Waals surface area contributed by atoms with Crippen molar-refractivity contribution in [3.8, 4) is 0 Å². The first-order chi connectivity index (χ1) is 9.29. The van der Waals surface area contributed by atoms with E-state index in [1.54, 1.807) is 0 Å². The van der Waals surface area contributed by atoms with Crippen molar-refractivity contribution in [2.45, 2.75) is 32.8 Å². The zero-order chi connectivity index (χ0) is 13.5. The molecule has 0 radical (unpaired) electrons. The largest absolute Gasteiger partial charge is 0.461 e. The molecule has 3 heteroatoms. The fourth-order valence-electron chi connectivity index (χ4n) is 2.61. The number of esters is 1. The van der Waals surface area contributed by atoms with Crippen LogP contribution in [0.5, 0.6) is 0 Å². The molecule has 104 valence electrons. The topological polar surface area (TPSA) is 29.5 Å². The van der Waals surface area contributed by atoms with Gasteiger partial charge in [0.05, 0.1) is 5.92 Å². The number of rotatable bonds is 5. The van der Waals surface area contributed by atoms with Crippen LogP contribution in [0.4, 0.5) is 0 Å². The van der Waals surface area contributed by atoms with Gasteiger partial charge in [0, 0.05) is 6.54 Å². The van der Waals surface area contributed by atoms with Crippen LogP contribution in [0.1, 0.15) is 31.7 Å². The summed E-state index contributed by atoms with van der Waals surface area (Å²) in [6, 6.07) is 9.86. The third-order valence-corrected chi connectivity index (χ3v) is 3.60. The molecule has 1 aliphatic rings. The van der Waals surface area contributed by atoms with E-state index in [-0.39, 0.29) is 11.9 Å². The summed E-state index contributed by atoms with van der Waals surface area (Å²) in [4.78, 5) is 14.4. The van der Waals surface area contributed by atoms with E-state index >= 15 is 0 Å². The van der Waals surface area contributed by atoms with Crippen LogP contribution >= 0.6 is 0 Å². The van der Waals surface area contributed by atoms with Gasteiger partial charge < -0.3 is 9.64 Å². The average molecular weight is 261 g/mol. The fraction of sp³-hybridized carbons (Fsp3) is 0.562. The second-order valence-corrected chi connectivity index (χ2v) is 5.23. The quantitative estimate of drug-likeness (QED) is 0.763. The number of hydrogen-bond donors (Lipinski definition) is 0. The molecule has 19 heavy (non-hydrogen) atoms. The minimum Gasteiger partial charge on any atom is -0.461 e. The number of likely N-dealkylation sites (tertiary alicyclic amines) is 1. The number of ether oxygens (including phenoxy) is 1. The summed E-state index contributed by atoms with van der Waals surface area (Å²) >= 11 is 0. The van der Waals surface area contributed by atoms with Crippen molar-refractivity contribution in [3.05, 3.63) is 35.9 Å². The summed E-state index contributed by atoms with van der Waals surface area (Å²) in [6.45, 7) is 5.64. The second-order valence-electron chi connectivity index (χ2n) is 5.23. The second kappa shape index (κ2) is 7.29. The lowest BCUT2D eigenvalue weighted by Gasteiger charge is -2.31. The van der Waals surface area contributed by atoms with Crippen LogP contribution in [-0.2, 0) is 16.1 Å². The van der Waals surface area contributed by atoms with E-state index in [2.05, 4.69) is 11.8 Å². The average Bonchev–Trinajstić information content (AvgIpc) is 2.46. The highest BCUT2D eigenvalue weighted by molar-refractivity contribution is 5.72. The molecule has 1 aromatic carbocycles. The third-order valence-electron chi connectivity index (χ3n) is 3.60. The molecular formula is C16H23NO2. The maximum Gasteiger partial charge on any atom is 0.310 e. The monoisotopic (exact) mass is 261 g/mol. The van der Waals surface area contributed by atoms with Crippen LogP contribution in [0, 0.1) is 5.92 Å². The maximum atomic E-state index is 12.1. The summed E-state index contributed by atoms with van der Waals surface area (Å²) in [7, 11) is 0. The van der Waals surface area contributed by atoms with E-state index in [1.807, 2.05) is 30.3 Å². The Morgan fingerprint density at radius 1 is 1.37 bits per heavy atom. The van der Waals surface area contributed by atoms with Gasteiger partial charge in [-0.3, -0.25) is 4.79 Å². The number of nitrogens with zero attached hydrogens (tertiary/aromatic N) is 1. The number of hydrogen-bond acceptors (Lipinski definition) is 3. The highest BCUT2D eigenvalue weighted by atomic mass is 16.5. The first kappa shape index (κ1) is 14.1. The molecule has 0 aliphatic carbocycles. The number of benzene rings is 1. The van der Waals surface area contributed by atoms with Gasteiger partial charge in [-0.15, -0.1) is 0 Å². The molecule has 0 spiro atoms. The molecule has 1 heterocycles. The van der Waals surface area contributed by atoms with E-state index in [0.717, 1.165) is 44.5 Å². The van der Waals surface area contributed by atoms with E-state index in [0.29, 0.717) is 6.61 Å². The molecule has 1 atom stereocenters. The Morgan fingerprint density at radius 3 is 2.89 bits per heavy atom. The van der Waals surface area contributed by atoms with Crippen molar-refractivity contribution in [1.82, 2.24) is 4.90 Å². The van der Waals surface area contributed by atoms with Crippen molar-refractivity contribution in [3.63, 3.8) is 0 Å². The highest BCUT2D eigenvalue weighted by Gasteiger charge is 2.26. The predicted octanol–water partition coefficient (Wildman–Crippen LogP) is 2.85. The van der Waals surface area contributed by atoms with Gasteiger partial charge in [0.25, 0.3) is 0 Å². The van der Waals surface area contributed by atoms with E-state index < -0.39 is 0 Å². The lowest BCUT2D eigenvalue weighted by molar-refractivity contribution is -0.151. The van der Waals surface area contributed by atoms with Gasteiger partial charge >= 0.3 is 5.97 Å². The minimum atomic E-state index is -0.0374. The number of carbonyl (C=O) groups excluding carboxylic acids is 1. The third kappa shape index (κ3) is 4.35. The summed E-state index contributed by atoms with van der Waals surface area (Å²) in [5.74, 6) is 0.0219. The Kier molecular flexibility index (Phi) is 5.40. The van der Waals surface area contributed by atoms with E-state index in [9.17, 15) is 4.79 Å². The highest BCUT2D eigenvalue weighted by Crippen LogP contribution is 2.18. The lowest BCUT2D eigenvalue weighted by Crippen LogP contribution is -2.39. The molecule has 0 aromatic heterocycles. The van der Waals surface area contributed by atoms with Crippen molar-refractivity contribution in [1.29, 1.82) is 0 Å². The Bertz CT molecular complexity index is 389. The Morgan fingerprint density at radius 2 is 2.16 bits per heavy atom. The van der Waals surface area contributed by atoms with Gasteiger partial charge in [0.1, 0.15) is 6.61 Å². The van der Waals surface area contributed by atoms with Crippen molar-refractivity contribution >= 4 is 5.97 Å². The molecule has 0 saturated carbocycles. The van der Waals surface area contributed by atoms with Gasteiger partial charge in [0.2, 0.25) is 0 Å². The molecule has 1 fully saturated rings. The molecule has 0 bridgehead atoms. The number of carbonyl (C=O) groups is 1. The smallest absolute Gasteiger partial charge is 0.310 e. The standard InChI is InChI=1S/C16H23NO2/c1-2-10-17-11-6-9-15(12-17)16(18)19-13-14-7-4-3-5-8-14/h3-5,7-8,15H,2,6,9-13H2,1H3. The van der Waals surface area contributed by atoms with E-state index in [4.69, 9.17) is 4.74 Å². The minimum absolute atomic E-state index is 0.0374. The van der Waals surface area contributed by atoms with Crippen molar-refractivity contribution in [2.75, 3.05) is 19.6 Å². The van der Waals surface area contributed by atoms with Gasteiger partial charge in [-0.1, -0.05) is 37.3 Å². The van der Waals surface area contributed by atoms with E-state index in [1.165, 1.54) is 0 Å². The van der Waals surface area contributed by atoms with Gasteiger partial charge in [-0.05, 0) is 37.9 Å². The summed E-state index contributed by atoms with van der Waals surface area (Å²) in [5, 5.41) is 0. The summed E-state index contributed by atoms with van der Waals surface area (Å²) in [5.41, 5.74) is 1.05. The normalized spacial score (nSPS) is 20.2. The molecule has 1 aromatic rings. The zero-order valence-electron chi connectivity index (χ0n) is 11.7. The molecular weight excluding hydrogens is 238 g/mol. The van der Waals surface area contributed by atoms with Crippen molar-refractivity contribution in [2.24, 2.45) is 5.92 Å². The Balaban J connectivity index is 1.79. The molecule has 3 nitrogen and oxygen atoms in total. The van der Waals surface area contributed by atoms with Gasteiger partial charge in [-0.2, -0.15) is 0 Å². The fourth-order valence-corrected chi connectivity index (χ4v) is 2.61. The summed E-state index contributed by atoms with van der Waals surface area (Å²) < 4.78 is 5.43. The zero-order valence-corrected chi connectivity index (χ0v) is 11.7. The Hall–Kier alpha value is -1.35. The molecule has 2 rings (SSSR count). The first-order valence-electron chi connectivity index (χ1n) is 7.22. The lowest BCUT2D eigenvalue weighted by atomic mass is 9.98. The molecule has 0 amide bonds. The Labute approximate surface area is 115 Å². The van der Waals surface area contributed by atoms with Crippen LogP contribution in [0.25, 0.3) is 0 Å². The van der Waals surface area contributed by atoms with Crippen LogP contribution < -0.4 is 0 Å². The molecule has 1 unspecified atom stereocenters. The first-order valence-corrected chi connectivity index (χ1v) is 7.22. The molecule has 1 aliphatic heterocycles. The SMILES string of the molecule is CCCN1CCCC(C(=O)OCc2ccccc2)C1. The number of piperidine rings is 1. The van der Waals surface area contributed by atoms with Crippen LogP contribution in [0.3, 0.4) is 0 Å². The van der Waals surface area contributed by atoms with Crippen LogP contribution in [0.15, 0.2) is 30.3 Å².